The van der Waals surface area contributed by atoms with Crippen molar-refractivity contribution in [3.8, 4) is 6.07 Å². The van der Waals surface area contributed by atoms with E-state index in [9.17, 15) is 5.11 Å². The van der Waals surface area contributed by atoms with E-state index in [1.54, 1.807) is 12.3 Å². The zero-order valence-corrected chi connectivity index (χ0v) is 15.9. The number of rotatable bonds is 4. The van der Waals surface area contributed by atoms with Crippen molar-refractivity contribution in [2.24, 2.45) is 0 Å². The highest BCUT2D eigenvalue weighted by atomic mass is 16.3. The van der Waals surface area contributed by atoms with Gasteiger partial charge in [-0.3, -0.25) is 0 Å². The van der Waals surface area contributed by atoms with Crippen LogP contribution in [0.15, 0.2) is 36.7 Å². The standard InChI is InChI=1S/C21H21N7O/c22-12-14-2-1-3-18(25-14)27-9-5-15(6-10-27)28-19(7-11-29)26-17-13-24-21-16(20(17)28)4-8-23-21/h1-4,8,13,15,29H,5-7,9-11H2,(H,23,24). The summed E-state index contributed by atoms with van der Waals surface area (Å²) in [6.45, 7) is 1.77. The number of aromatic amines is 1. The average molecular weight is 387 g/mol. The lowest BCUT2D eigenvalue weighted by atomic mass is 10.0. The maximum Gasteiger partial charge on any atom is 0.142 e. The highest BCUT2D eigenvalue weighted by Crippen LogP contribution is 2.33. The second-order valence-corrected chi connectivity index (χ2v) is 7.31. The molecule has 4 aromatic heterocycles. The lowest BCUT2D eigenvalue weighted by molar-refractivity contribution is 0.290. The van der Waals surface area contributed by atoms with Gasteiger partial charge in [0.25, 0.3) is 0 Å². The smallest absolute Gasteiger partial charge is 0.142 e. The third-order valence-corrected chi connectivity index (χ3v) is 5.65. The van der Waals surface area contributed by atoms with E-state index in [4.69, 9.17) is 10.2 Å². The van der Waals surface area contributed by atoms with Gasteiger partial charge in [-0.05, 0) is 31.0 Å². The number of nitriles is 1. The molecule has 1 saturated heterocycles. The van der Waals surface area contributed by atoms with E-state index in [2.05, 4.69) is 30.5 Å². The Morgan fingerprint density at radius 3 is 2.86 bits per heavy atom. The summed E-state index contributed by atoms with van der Waals surface area (Å²) in [5, 5.41) is 19.7. The van der Waals surface area contributed by atoms with Crippen molar-refractivity contribution in [3.63, 3.8) is 0 Å². The number of fused-ring (bicyclic) bond motifs is 3. The van der Waals surface area contributed by atoms with Crippen molar-refractivity contribution in [2.75, 3.05) is 24.6 Å². The van der Waals surface area contributed by atoms with Gasteiger partial charge in [0.05, 0.1) is 18.3 Å². The second kappa shape index (κ2) is 7.18. The zero-order chi connectivity index (χ0) is 19.8. The molecule has 5 rings (SSSR count). The van der Waals surface area contributed by atoms with Crippen LogP contribution >= 0.6 is 0 Å². The Balaban J connectivity index is 1.49. The summed E-state index contributed by atoms with van der Waals surface area (Å²) in [5.41, 5.74) is 3.25. The second-order valence-electron chi connectivity index (χ2n) is 7.31. The van der Waals surface area contributed by atoms with Gasteiger partial charge >= 0.3 is 0 Å². The number of hydrogen-bond donors (Lipinski definition) is 2. The van der Waals surface area contributed by atoms with Gasteiger partial charge in [-0.15, -0.1) is 0 Å². The number of piperidine rings is 1. The summed E-state index contributed by atoms with van der Waals surface area (Å²) < 4.78 is 2.31. The topological polar surface area (TPSA) is 107 Å². The number of aliphatic hydroxyl groups is 1. The lowest BCUT2D eigenvalue weighted by Gasteiger charge is -2.34. The first-order chi connectivity index (χ1) is 14.3. The Morgan fingerprint density at radius 2 is 2.07 bits per heavy atom. The number of aliphatic hydroxyl groups excluding tert-OH is 1. The van der Waals surface area contributed by atoms with E-state index in [1.165, 1.54) is 0 Å². The van der Waals surface area contributed by atoms with Crippen LogP contribution in [0.25, 0.3) is 22.1 Å². The molecular formula is C21H21N7O. The minimum Gasteiger partial charge on any atom is -0.396 e. The van der Waals surface area contributed by atoms with Gasteiger partial charge < -0.3 is 19.6 Å². The normalized spacial score (nSPS) is 15.2. The van der Waals surface area contributed by atoms with Crippen LogP contribution in [0.4, 0.5) is 5.82 Å². The molecule has 1 fully saturated rings. The van der Waals surface area contributed by atoms with E-state index >= 15 is 0 Å². The van der Waals surface area contributed by atoms with Gasteiger partial charge in [-0.2, -0.15) is 5.26 Å². The Bertz CT molecular complexity index is 1210. The molecule has 0 unspecified atom stereocenters. The summed E-state index contributed by atoms with van der Waals surface area (Å²) >= 11 is 0. The molecule has 2 N–H and O–H groups in total. The molecule has 0 aromatic carbocycles. The van der Waals surface area contributed by atoms with Gasteiger partial charge in [-0.25, -0.2) is 15.0 Å². The molecule has 4 aromatic rings. The van der Waals surface area contributed by atoms with E-state index in [0.717, 1.165) is 59.6 Å². The van der Waals surface area contributed by atoms with Crippen LogP contribution in [0.2, 0.25) is 0 Å². The summed E-state index contributed by atoms with van der Waals surface area (Å²) in [4.78, 5) is 19.1. The van der Waals surface area contributed by atoms with E-state index < -0.39 is 0 Å². The van der Waals surface area contributed by atoms with Crippen LogP contribution in [0.3, 0.4) is 0 Å². The molecule has 1 aliphatic heterocycles. The van der Waals surface area contributed by atoms with Crippen molar-refractivity contribution >= 4 is 27.9 Å². The molecule has 146 valence electrons. The molecule has 0 amide bonds. The monoisotopic (exact) mass is 387 g/mol. The fourth-order valence-corrected chi connectivity index (χ4v) is 4.32. The Morgan fingerprint density at radius 1 is 1.21 bits per heavy atom. The maximum absolute atomic E-state index is 9.56. The molecule has 0 saturated carbocycles. The quantitative estimate of drug-likeness (QED) is 0.557. The highest BCUT2D eigenvalue weighted by molar-refractivity contribution is 6.01. The number of imidazole rings is 1. The number of nitrogens with one attached hydrogen (secondary N) is 1. The molecule has 5 heterocycles. The van der Waals surface area contributed by atoms with E-state index in [0.29, 0.717) is 12.1 Å². The minimum atomic E-state index is 0.0662. The third kappa shape index (κ3) is 3.00. The number of aromatic nitrogens is 5. The van der Waals surface area contributed by atoms with Crippen molar-refractivity contribution in [3.05, 3.63) is 48.2 Å². The molecule has 0 aliphatic carbocycles. The van der Waals surface area contributed by atoms with E-state index in [-0.39, 0.29) is 12.6 Å². The number of pyridine rings is 2. The summed E-state index contributed by atoms with van der Waals surface area (Å²) in [5.74, 6) is 1.76. The largest absolute Gasteiger partial charge is 0.396 e. The van der Waals surface area contributed by atoms with Crippen LogP contribution in [-0.2, 0) is 6.42 Å². The van der Waals surface area contributed by atoms with Crippen LogP contribution in [0, 0.1) is 11.3 Å². The zero-order valence-electron chi connectivity index (χ0n) is 15.9. The van der Waals surface area contributed by atoms with Crippen molar-refractivity contribution in [1.29, 1.82) is 5.26 Å². The molecule has 0 radical (unpaired) electrons. The molecule has 0 atom stereocenters. The molecule has 29 heavy (non-hydrogen) atoms. The molecule has 1 aliphatic rings. The van der Waals surface area contributed by atoms with E-state index in [1.807, 2.05) is 24.4 Å². The van der Waals surface area contributed by atoms with Crippen molar-refractivity contribution < 1.29 is 5.11 Å². The minimum absolute atomic E-state index is 0.0662. The number of H-pyrrole nitrogens is 1. The number of nitrogens with zero attached hydrogens (tertiary/aromatic N) is 6. The molecule has 8 heteroatoms. The van der Waals surface area contributed by atoms with Gasteiger partial charge in [0.2, 0.25) is 0 Å². The van der Waals surface area contributed by atoms with Crippen LogP contribution in [-0.4, -0.2) is 49.3 Å². The van der Waals surface area contributed by atoms with Gasteiger partial charge in [0, 0.05) is 37.1 Å². The van der Waals surface area contributed by atoms with Crippen molar-refractivity contribution in [1.82, 2.24) is 24.5 Å². The molecule has 0 bridgehead atoms. The summed E-state index contributed by atoms with van der Waals surface area (Å²) in [6.07, 6.45) is 6.11. The number of hydrogen-bond acceptors (Lipinski definition) is 6. The Labute approximate surface area is 167 Å². The van der Waals surface area contributed by atoms with Crippen LogP contribution < -0.4 is 4.90 Å². The highest BCUT2D eigenvalue weighted by Gasteiger charge is 2.26. The summed E-state index contributed by atoms with van der Waals surface area (Å²) in [6, 6.07) is 10.0. The van der Waals surface area contributed by atoms with Gasteiger partial charge in [-0.1, -0.05) is 6.07 Å². The molecule has 8 nitrogen and oxygen atoms in total. The van der Waals surface area contributed by atoms with Gasteiger partial charge in [0.15, 0.2) is 0 Å². The lowest BCUT2D eigenvalue weighted by Crippen LogP contribution is -2.35. The fraction of sp³-hybridized carbons (Fsp3) is 0.333. The summed E-state index contributed by atoms with van der Waals surface area (Å²) in [7, 11) is 0. The van der Waals surface area contributed by atoms with Gasteiger partial charge in [0.1, 0.15) is 34.6 Å². The Kier molecular flexibility index (Phi) is 4.37. The van der Waals surface area contributed by atoms with Crippen molar-refractivity contribution in [2.45, 2.75) is 25.3 Å². The SMILES string of the molecule is N#Cc1cccc(N2CCC(n3c(CCO)nc4cnc5[nH]ccc5c43)CC2)n1. The van der Waals surface area contributed by atoms with Crippen LogP contribution in [0.5, 0.6) is 0 Å². The predicted octanol–water partition coefficient (Wildman–Crippen LogP) is 2.56. The van der Waals surface area contributed by atoms with Crippen LogP contribution in [0.1, 0.15) is 30.4 Å². The number of anilines is 1. The Hall–Kier alpha value is -3.44. The molecular weight excluding hydrogens is 366 g/mol. The first-order valence-corrected chi connectivity index (χ1v) is 9.84. The predicted molar refractivity (Wildman–Crippen MR) is 110 cm³/mol. The third-order valence-electron chi connectivity index (χ3n) is 5.65. The maximum atomic E-state index is 9.56. The fourth-order valence-electron chi connectivity index (χ4n) is 4.32. The average Bonchev–Trinajstić information content (AvgIpc) is 3.38. The molecule has 0 spiro atoms. The first-order valence-electron chi connectivity index (χ1n) is 9.84. The first kappa shape index (κ1) is 17.6.